The van der Waals surface area contributed by atoms with Crippen LogP contribution in [0.25, 0.3) is 27.4 Å². The van der Waals surface area contributed by atoms with E-state index < -0.39 is 78.7 Å². The highest BCUT2D eigenvalue weighted by molar-refractivity contribution is 7.22. The van der Waals surface area contributed by atoms with Crippen molar-refractivity contribution in [2.75, 3.05) is 62.0 Å². The number of thiazole rings is 1. The van der Waals surface area contributed by atoms with Crippen molar-refractivity contribution in [3.63, 3.8) is 0 Å². The molecule has 26 nitrogen and oxygen atoms in total. The molecule has 4 bridgehead atoms. The third kappa shape index (κ3) is 13.6. The fraction of sp³-hybridized carbons (Fsp3) is 0.453. The second-order valence-corrected chi connectivity index (χ2v) is 26.4. The Bertz CT molecular complexity index is 3800. The lowest BCUT2D eigenvalue weighted by atomic mass is 9.39. The number of ether oxygens (including phenoxy) is 5. The number of carboxylic acid groups (broad SMARTS) is 3. The SMILES string of the molecule is Cc1c(-c2ccc(N3CCc4c(OCC(=O)O)ccc(C(=O)Nc5nc6ccccc6s5)c4C3)nc2C(=O)O)cnn1CC12CC3(C)CC(C)(C1)CC(OCCN(C)C(=O)OC/C=C/c1ccc(O[C@@H]4O[C@H](C(=O)O)[C@@H](O)[C@H](O)[C@H]4O)c(NC(=O)CCN)c1)(C3)C2. The van der Waals surface area contributed by atoms with Crippen LogP contribution < -0.4 is 30.7 Å². The smallest absolute Gasteiger partial charge is 0.409 e. The Morgan fingerprint density at radius 3 is 2.35 bits per heavy atom. The number of nitrogens with two attached hydrogens (primary N) is 1. The van der Waals surface area contributed by atoms with E-state index in [-0.39, 0.29) is 72.6 Å². The van der Waals surface area contributed by atoms with Gasteiger partial charge in [-0.1, -0.05) is 49.5 Å². The van der Waals surface area contributed by atoms with Crippen molar-refractivity contribution < 1.29 is 83.1 Å². The van der Waals surface area contributed by atoms with Gasteiger partial charge in [-0.2, -0.15) is 5.10 Å². The van der Waals surface area contributed by atoms with Gasteiger partial charge < -0.3 is 75.2 Å². The summed E-state index contributed by atoms with van der Waals surface area (Å²) in [6, 6.07) is 18.8. The number of carbonyl (C=O) groups excluding carboxylic acids is 3. The first-order chi connectivity index (χ1) is 43.3. The number of para-hydroxylation sites is 1. The van der Waals surface area contributed by atoms with E-state index in [1.165, 1.54) is 28.4 Å². The first-order valence-corrected chi connectivity index (χ1v) is 30.8. The predicted molar refractivity (Wildman–Crippen MR) is 331 cm³/mol. The maximum Gasteiger partial charge on any atom is 0.409 e. The Hall–Kier alpha value is -8.57. The molecule has 0 spiro atoms. The second-order valence-electron chi connectivity index (χ2n) is 25.3. The first-order valence-electron chi connectivity index (χ1n) is 29.9. The van der Waals surface area contributed by atoms with Gasteiger partial charge in [0.05, 0.1) is 34.3 Å². The van der Waals surface area contributed by atoms with Crippen LogP contribution in [0.2, 0.25) is 0 Å². The Morgan fingerprint density at radius 2 is 1.63 bits per heavy atom. The zero-order valence-electron chi connectivity index (χ0n) is 50.6. The molecule has 0 radical (unpaired) electrons. The molecular formula is C64H73N9O17S. The van der Waals surface area contributed by atoms with Crippen LogP contribution in [0.1, 0.15) is 102 Å². The van der Waals surface area contributed by atoms with Gasteiger partial charge in [0, 0.05) is 74.1 Å². The highest BCUT2D eigenvalue weighted by Gasteiger charge is 2.66. The lowest BCUT2D eigenvalue weighted by molar-refractivity contribution is -0.271. The zero-order chi connectivity index (χ0) is 64.7. The third-order valence-electron chi connectivity index (χ3n) is 17.9. The Morgan fingerprint density at radius 1 is 0.868 bits per heavy atom. The summed E-state index contributed by atoms with van der Waals surface area (Å²) >= 11 is 1.34. The number of likely N-dealkylation sites (N-methyl/N-ethyl adjacent to an activating group) is 1. The number of benzene rings is 3. The van der Waals surface area contributed by atoms with Gasteiger partial charge in [0.15, 0.2) is 23.5 Å². The number of pyridine rings is 1. The van der Waals surface area contributed by atoms with E-state index in [1.807, 2.05) is 40.8 Å². The van der Waals surface area contributed by atoms with Gasteiger partial charge in [0.2, 0.25) is 12.2 Å². The number of aliphatic hydroxyl groups is 3. The lowest BCUT2D eigenvalue weighted by Gasteiger charge is -2.69. The number of fused-ring (bicyclic) bond motifs is 2. The van der Waals surface area contributed by atoms with Crippen LogP contribution in [0.4, 0.5) is 21.4 Å². The summed E-state index contributed by atoms with van der Waals surface area (Å²) in [6.45, 7) is 7.57. The van der Waals surface area contributed by atoms with Gasteiger partial charge in [-0.25, -0.2) is 29.1 Å². The number of anilines is 3. The molecule has 2 unspecified atom stereocenters. The molecule has 4 aliphatic carbocycles. The van der Waals surface area contributed by atoms with Gasteiger partial charge in [-0.15, -0.1) is 0 Å². The van der Waals surface area contributed by atoms with Crippen molar-refractivity contribution in [1.82, 2.24) is 24.6 Å². The Balaban J connectivity index is 0.730. The average Bonchev–Trinajstić information content (AvgIpc) is 0.754. The summed E-state index contributed by atoms with van der Waals surface area (Å²) in [5.41, 5.74) is 9.47. The maximum absolute atomic E-state index is 14.0. The fourth-order valence-electron chi connectivity index (χ4n) is 15.1. The summed E-state index contributed by atoms with van der Waals surface area (Å²) in [4.78, 5) is 89.0. The Labute approximate surface area is 526 Å². The molecule has 1 saturated heterocycles. The minimum Gasteiger partial charge on any atom is -0.482 e. The van der Waals surface area contributed by atoms with Crippen molar-refractivity contribution in [2.45, 2.75) is 122 Å². The standard InChI is InChI=1S/C64H73N9O17S/c1-35-40(38-13-16-47(69-50(38)56(81)82)72-20-18-37-41(26-72)39(12-15-44(37)87-27-49(75)76)55(80)70-59-68-42-9-5-6-10-46(42)91-59)25-66-73(35)34-63-29-61(2)28-62(3,30-63)32-64(31-61,33-63)88-23-21-71(4)60(85)86-22-7-8-36-11-14-45(43(24-36)67-48(74)17-19-65)89-58-53(79)51(77)52(78)54(90-58)57(83)84/h5-16,24-25,51-54,58,77-79H,17-23,26-34,65H2,1-4H3,(H,67,74)(H,75,76)(H,81,82)(H,83,84)(H,68,70,80)/b8-7+/t51-,52-,53+,54-,58+,61?,62?,63?,64?/m0/s1. The molecule has 27 heteroatoms. The van der Waals surface area contributed by atoms with Crippen LogP contribution in [-0.4, -0.2) is 174 Å². The third-order valence-corrected chi connectivity index (χ3v) is 18.8. The highest BCUT2D eigenvalue weighted by Crippen LogP contribution is 2.72. The number of aliphatic carboxylic acids is 2. The van der Waals surface area contributed by atoms with E-state index in [1.54, 1.807) is 55.7 Å². The number of aromatic carboxylic acids is 1. The van der Waals surface area contributed by atoms with Crippen molar-refractivity contribution in [3.8, 4) is 22.6 Å². The summed E-state index contributed by atoms with van der Waals surface area (Å²) in [7, 11) is 1.63. The molecule has 12 rings (SSSR count). The molecule has 91 heavy (non-hydrogen) atoms. The van der Waals surface area contributed by atoms with Crippen LogP contribution in [0, 0.1) is 23.2 Å². The van der Waals surface area contributed by atoms with Gasteiger partial charge in [0.1, 0.15) is 42.2 Å². The molecule has 5 fully saturated rings. The first kappa shape index (κ1) is 64.0. The van der Waals surface area contributed by atoms with E-state index in [0.29, 0.717) is 69.6 Å². The van der Waals surface area contributed by atoms with E-state index in [4.69, 9.17) is 39.5 Å². The summed E-state index contributed by atoms with van der Waals surface area (Å²) < 4.78 is 32.1. The van der Waals surface area contributed by atoms with Crippen LogP contribution in [-0.2, 0) is 48.1 Å². The quantitative estimate of drug-likeness (QED) is 0.0339. The molecule has 2 aliphatic heterocycles. The van der Waals surface area contributed by atoms with Crippen molar-refractivity contribution in [3.05, 3.63) is 113 Å². The molecule has 6 aliphatic rings. The lowest BCUT2D eigenvalue weighted by Crippen LogP contribution is -2.64. The van der Waals surface area contributed by atoms with Crippen molar-refractivity contribution in [2.24, 2.45) is 22.0 Å². The minimum absolute atomic E-state index is 0.0279. The topological polar surface area (TPSA) is 370 Å². The number of hydrogen-bond donors (Lipinski definition) is 9. The van der Waals surface area contributed by atoms with Crippen LogP contribution in [0.5, 0.6) is 11.5 Å². The number of amides is 3. The number of nitrogens with zero attached hydrogens (tertiary/aromatic N) is 6. The Kier molecular flexibility index (Phi) is 18.0. The number of rotatable bonds is 23. The van der Waals surface area contributed by atoms with Crippen LogP contribution in [0.3, 0.4) is 0 Å². The highest BCUT2D eigenvalue weighted by atomic mass is 32.1. The fourth-order valence-corrected chi connectivity index (χ4v) is 16.0. The molecule has 7 atom stereocenters. The molecule has 10 N–H and O–H groups in total. The number of carbonyl (C=O) groups is 6. The summed E-state index contributed by atoms with van der Waals surface area (Å²) in [6.07, 6.45) is 0.786. The van der Waals surface area contributed by atoms with E-state index in [0.717, 1.165) is 54.4 Å². The molecule has 3 aromatic carbocycles. The molecule has 4 saturated carbocycles. The van der Waals surface area contributed by atoms with Crippen molar-refractivity contribution in [1.29, 1.82) is 0 Å². The summed E-state index contributed by atoms with van der Waals surface area (Å²) in [5.74, 6) is -4.18. The van der Waals surface area contributed by atoms with Gasteiger partial charge in [-0.05, 0) is 134 Å². The number of carboxylic acids is 3. The average molecular weight is 1270 g/mol. The van der Waals surface area contributed by atoms with Gasteiger partial charge in [0.25, 0.3) is 5.91 Å². The van der Waals surface area contributed by atoms with E-state index in [2.05, 4.69) is 29.5 Å². The molecule has 3 aromatic heterocycles. The van der Waals surface area contributed by atoms with E-state index in [9.17, 15) is 59.4 Å². The maximum atomic E-state index is 14.0. The van der Waals surface area contributed by atoms with Crippen LogP contribution in [0.15, 0.2) is 79.0 Å². The van der Waals surface area contributed by atoms with Crippen LogP contribution >= 0.6 is 11.3 Å². The normalized spacial score (nSPS) is 25.7. The number of aliphatic hydroxyl groups excluding tert-OH is 3. The number of nitrogens with one attached hydrogen (secondary N) is 2. The molecule has 3 amide bonds. The zero-order valence-corrected chi connectivity index (χ0v) is 51.4. The summed E-state index contributed by atoms with van der Waals surface area (Å²) in [5, 5.41) is 71.5. The number of hydrogen-bond acceptors (Lipinski definition) is 20. The molecule has 5 heterocycles. The molecule has 482 valence electrons. The number of aromatic nitrogens is 4. The predicted octanol–water partition coefficient (Wildman–Crippen LogP) is 6.32. The molecule has 6 aromatic rings. The van der Waals surface area contributed by atoms with Gasteiger partial charge >= 0.3 is 24.0 Å². The van der Waals surface area contributed by atoms with E-state index >= 15 is 0 Å². The largest absolute Gasteiger partial charge is 0.482 e. The van der Waals surface area contributed by atoms with Crippen molar-refractivity contribution >= 4 is 80.1 Å². The monoisotopic (exact) mass is 1270 g/mol. The molecular weight excluding hydrogens is 1200 g/mol. The second kappa shape index (κ2) is 25.6. The minimum atomic E-state index is -1.93. The van der Waals surface area contributed by atoms with Gasteiger partial charge in [-0.3, -0.25) is 19.6 Å².